The number of carbonyl (C=O) groups excluding carboxylic acids is 1. The third-order valence-corrected chi connectivity index (χ3v) is 6.11. The predicted octanol–water partition coefficient (Wildman–Crippen LogP) is 6.29. The van der Waals surface area contributed by atoms with Crippen molar-refractivity contribution in [1.82, 2.24) is 4.90 Å². The molecule has 5 nitrogen and oxygen atoms in total. The lowest BCUT2D eigenvalue weighted by molar-refractivity contribution is -0.121. The monoisotopic (exact) mass is 460 g/mol. The summed E-state index contributed by atoms with van der Waals surface area (Å²) in [6.45, 7) is 9.21. The maximum absolute atomic E-state index is 13.2. The Balaban J connectivity index is 0.00000497. The summed E-state index contributed by atoms with van der Waals surface area (Å²) in [6.07, 6.45) is 13.5. The molecule has 0 saturated carbocycles. The van der Waals surface area contributed by atoms with E-state index in [4.69, 9.17) is 11.5 Å². The lowest BCUT2D eigenvalue weighted by Crippen LogP contribution is -2.46. The predicted molar refractivity (Wildman–Crippen MR) is 145 cm³/mol. The van der Waals surface area contributed by atoms with Crippen LogP contribution in [-0.2, 0) is 4.79 Å². The largest absolute Gasteiger partial charge is 0.315 e. The molecule has 0 saturated heterocycles. The van der Waals surface area contributed by atoms with Crippen molar-refractivity contribution in [2.75, 3.05) is 25.5 Å². The Kier molecular flexibility index (Phi) is 18.7. The van der Waals surface area contributed by atoms with Crippen LogP contribution >= 0.6 is 0 Å². The van der Waals surface area contributed by atoms with Crippen LogP contribution in [0.15, 0.2) is 42.0 Å². The third-order valence-electron chi connectivity index (χ3n) is 6.11. The molecule has 1 aromatic carbocycles. The summed E-state index contributed by atoms with van der Waals surface area (Å²) in [5, 5.41) is 0. The molecule has 0 aliphatic rings. The summed E-state index contributed by atoms with van der Waals surface area (Å²) in [6, 6.07) is 9.94. The van der Waals surface area contributed by atoms with Gasteiger partial charge in [-0.1, -0.05) is 95.6 Å². The second-order valence-electron chi connectivity index (χ2n) is 8.73. The second-order valence-corrected chi connectivity index (χ2v) is 8.73. The Morgan fingerprint density at radius 3 is 1.94 bits per heavy atom. The van der Waals surface area contributed by atoms with E-state index in [1.54, 1.807) is 0 Å². The molecule has 1 rings (SSSR count). The van der Waals surface area contributed by atoms with E-state index in [9.17, 15) is 4.79 Å². The van der Waals surface area contributed by atoms with Gasteiger partial charge in [-0.15, -0.1) is 0 Å². The van der Waals surface area contributed by atoms with Crippen LogP contribution in [0.4, 0.5) is 5.69 Å². The molecule has 0 heterocycles. The zero-order valence-electron chi connectivity index (χ0n) is 22.4. The van der Waals surface area contributed by atoms with Crippen LogP contribution < -0.4 is 16.4 Å². The van der Waals surface area contributed by atoms with Crippen molar-refractivity contribution in [3.63, 3.8) is 0 Å². The van der Waals surface area contributed by atoms with Crippen molar-refractivity contribution < 1.29 is 4.79 Å². The van der Waals surface area contributed by atoms with Crippen LogP contribution in [0.25, 0.3) is 0 Å². The topological polar surface area (TPSA) is 75.6 Å². The van der Waals surface area contributed by atoms with E-state index in [0.29, 0.717) is 0 Å². The first kappa shape index (κ1) is 31.3. The van der Waals surface area contributed by atoms with Crippen molar-refractivity contribution in [3.8, 4) is 0 Å². The smallest absolute Gasteiger partial charge is 0.233 e. The molecular weight excluding hydrogens is 408 g/mol. The normalized spacial score (nSPS) is 12.5. The van der Waals surface area contributed by atoms with Crippen molar-refractivity contribution in [2.45, 2.75) is 98.2 Å². The van der Waals surface area contributed by atoms with Gasteiger partial charge in [-0.2, -0.15) is 0 Å². The first-order chi connectivity index (χ1) is 15.9. The Hall–Kier alpha value is -1.69. The van der Waals surface area contributed by atoms with E-state index in [-0.39, 0.29) is 18.1 Å². The summed E-state index contributed by atoms with van der Waals surface area (Å²) in [4.78, 5) is 17.0. The molecule has 5 heteroatoms. The SMILES string of the molecule is CC.CCC=C(C)C(CCCCCCCCCCN(C)C(N)N)C(=O)N(C)c1ccccc1. The van der Waals surface area contributed by atoms with Gasteiger partial charge in [-0.05, 0) is 45.4 Å². The average Bonchev–Trinajstić information content (AvgIpc) is 2.83. The highest BCUT2D eigenvalue weighted by atomic mass is 16.2. The highest BCUT2D eigenvalue weighted by Crippen LogP contribution is 2.24. The minimum atomic E-state index is -0.348. The van der Waals surface area contributed by atoms with E-state index in [1.165, 1.54) is 44.1 Å². The van der Waals surface area contributed by atoms with E-state index in [1.807, 2.05) is 68.1 Å². The van der Waals surface area contributed by atoms with Gasteiger partial charge in [-0.3, -0.25) is 9.69 Å². The number of nitrogens with two attached hydrogens (primary N) is 2. The molecular formula is C28H52N4O. The van der Waals surface area contributed by atoms with Crippen LogP contribution in [0.3, 0.4) is 0 Å². The van der Waals surface area contributed by atoms with Crippen LogP contribution in [0.5, 0.6) is 0 Å². The molecule has 0 bridgehead atoms. The highest BCUT2D eigenvalue weighted by molar-refractivity contribution is 5.96. The zero-order chi connectivity index (χ0) is 25.1. The summed E-state index contributed by atoms with van der Waals surface area (Å²) in [7, 11) is 3.86. The van der Waals surface area contributed by atoms with Gasteiger partial charge in [-0.25, -0.2) is 0 Å². The average molecular weight is 461 g/mol. The van der Waals surface area contributed by atoms with Crippen LogP contribution in [0.1, 0.15) is 91.9 Å². The molecule has 0 aliphatic heterocycles. The fourth-order valence-electron chi connectivity index (χ4n) is 3.94. The molecule has 1 atom stereocenters. The Labute approximate surface area is 204 Å². The van der Waals surface area contributed by atoms with E-state index < -0.39 is 0 Å². The van der Waals surface area contributed by atoms with E-state index >= 15 is 0 Å². The van der Waals surface area contributed by atoms with Crippen molar-refractivity contribution in [2.24, 2.45) is 17.4 Å². The minimum absolute atomic E-state index is 0.0175. The number of para-hydroxylation sites is 1. The summed E-state index contributed by atoms with van der Waals surface area (Å²) in [5.41, 5.74) is 13.5. The Morgan fingerprint density at radius 2 is 1.42 bits per heavy atom. The molecule has 0 fully saturated rings. The molecule has 0 aliphatic carbocycles. The van der Waals surface area contributed by atoms with Gasteiger partial charge in [0.25, 0.3) is 0 Å². The maximum atomic E-state index is 13.2. The molecule has 4 N–H and O–H groups in total. The first-order valence-electron chi connectivity index (χ1n) is 13.1. The molecule has 0 spiro atoms. The van der Waals surface area contributed by atoms with Crippen LogP contribution in [0.2, 0.25) is 0 Å². The number of anilines is 1. The molecule has 1 amide bonds. The third kappa shape index (κ3) is 13.6. The number of benzene rings is 1. The molecule has 0 aromatic heterocycles. The van der Waals surface area contributed by atoms with Gasteiger partial charge in [0.1, 0.15) is 6.29 Å². The van der Waals surface area contributed by atoms with Gasteiger partial charge >= 0.3 is 0 Å². The number of hydrogen-bond acceptors (Lipinski definition) is 4. The van der Waals surface area contributed by atoms with E-state index in [0.717, 1.165) is 37.9 Å². The maximum Gasteiger partial charge on any atom is 0.233 e. The van der Waals surface area contributed by atoms with Gasteiger partial charge in [0.2, 0.25) is 5.91 Å². The van der Waals surface area contributed by atoms with Crippen molar-refractivity contribution in [1.29, 1.82) is 0 Å². The quantitative estimate of drug-likeness (QED) is 0.173. The number of amides is 1. The minimum Gasteiger partial charge on any atom is -0.315 e. The zero-order valence-corrected chi connectivity index (χ0v) is 22.4. The molecule has 33 heavy (non-hydrogen) atoms. The Morgan fingerprint density at radius 1 is 0.909 bits per heavy atom. The fraction of sp³-hybridized carbons (Fsp3) is 0.679. The second kappa shape index (κ2) is 19.7. The number of nitrogens with zero attached hydrogens (tertiary/aromatic N) is 2. The number of hydrogen-bond donors (Lipinski definition) is 2. The van der Waals surface area contributed by atoms with Gasteiger partial charge in [0.15, 0.2) is 0 Å². The summed E-state index contributed by atoms with van der Waals surface area (Å²) >= 11 is 0. The molecule has 0 radical (unpaired) electrons. The molecule has 190 valence electrons. The van der Waals surface area contributed by atoms with Gasteiger partial charge in [0.05, 0.1) is 5.92 Å². The van der Waals surface area contributed by atoms with E-state index in [2.05, 4.69) is 19.9 Å². The fourth-order valence-corrected chi connectivity index (χ4v) is 3.94. The van der Waals surface area contributed by atoms with Crippen LogP contribution in [-0.4, -0.2) is 37.7 Å². The van der Waals surface area contributed by atoms with Crippen molar-refractivity contribution in [3.05, 3.63) is 42.0 Å². The lowest BCUT2D eigenvalue weighted by atomic mass is 9.91. The number of allylic oxidation sites excluding steroid dienone is 1. The number of unbranched alkanes of at least 4 members (excludes halogenated alkanes) is 7. The van der Waals surface area contributed by atoms with Crippen LogP contribution in [0, 0.1) is 5.92 Å². The number of rotatable bonds is 16. The van der Waals surface area contributed by atoms with Crippen molar-refractivity contribution >= 4 is 11.6 Å². The molecule has 1 aromatic rings. The highest BCUT2D eigenvalue weighted by Gasteiger charge is 2.23. The standard InChI is InChI=1S/C26H46N4O.C2H6/c1-5-17-22(2)24(25(31)30(4)23-18-13-12-14-19-23)20-15-10-8-6-7-9-11-16-21-29(3)26(27)28;1-2/h12-14,17-19,24,26H,5-11,15-16,20-21,27-28H2,1-4H3;1-2H3. The van der Waals surface area contributed by atoms with Gasteiger partial charge in [0, 0.05) is 19.3 Å². The Bertz CT molecular complexity index is 630. The van der Waals surface area contributed by atoms with Gasteiger partial charge < -0.3 is 16.4 Å². The lowest BCUT2D eigenvalue weighted by Gasteiger charge is -2.25. The summed E-state index contributed by atoms with van der Waals surface area (Å²) in [5.74, 6) is 0.187. The molecule has 1 unspecified atom stereocenters. The summed E-state index contributed by atoms with van der Waals surface area (Å²) < 4.78 is 0. The number of carbonyl (C=O) groups is 1. The first-order valence-corrected chi connectivity index (χ1v) is 13.1.